The number of hydrogen-bond acceptors (Lipinski definition) is 2. The molecule has 0 unspecified atom stereocenters. The molecule has 2 aromatic carbocycles. The van der Waals surface area contributed by atoms with Crippen molar-refractivity contribution >= 4 is 0 Å². The van der Waals surface area contributed by atoms with E-state index in [2.05, 4.69) is 32.0 Å². The lowest BCUT2D eigenvalue weighted by atomic mass is 10.1. The second kappa shape index (κ2) is 5.13. The average Bonchev–Trinajstić information content (AvgIpc) is 2.30. The van der Waals surface area contributed by atoms with Gasteiger partial charge in [0.25, 0.3) is 0 Å². The van der Waals surface area contributed by atoms with Crippen LogP contribution >= 0.6 is 0 Å². The Balaban J connectivity index is 2.14. The van der Waals surface area contributed by atoms with Gasteiger partial charge in [-0.05, 0) is 38.5 Å². The first-order valence-electron chi connectivity index (χ1n) is 6.05. The Hall–Kier alpha value is -1.96. The molecule has 2 aromatic rings. The van der Waals surface area contributed by atoms with Crippen molar-refractivity contribution in [1.82, 2.24) is 0 Å². The van der Waals surface area contributed by atoms with Crippen LogP contribution in [0.5, 0.6) is 11.5 Å². The van der Waals surface area contributed by atoms with Crippen molar-refractivity contribution in [2.24, 2.45) is 0 Å². The summed E-state index contributed by atoms with van der Waals surface area (Å²) >= 11 is 0. The van der Waals surface area contributed by atoms with Gasteiger partial charge in [0.2, 0.25) is 0 Å². The zero-order valence-corrected chi connectivity index (χ0v) is 11.0. The lowest BCUT2D eigenvalue weighted by Gasteiger charge is -2.11. The molecule has 0 atom stereocenters. The number of phenols is 1. The van der Waals surface area contributed by atoms with Crippen molar-refractivity contribution in [1.29, 1.82) is 0 Å². The van der Waals surface area contributed by atoms with Crippen molar-refractivity contribution in [3.63, 3.8) is 0 Å². The van der Waals surface area contributed by atoms with E-state index >= 15 is 0 Å². The number of aromatic hydroxyl groups is 1. The first kappa shape index (κ1) is 12.5. The number of hydrogen-bond donors (Lipinski definition) is 1. The highest BCUT2D eigenvalue weighted by atomic mass is 16.5. The minimum atomic E-state index is 0.271. The third-order valence-electron chi connectivity index (χ3n) is 2.93. The van der Waals surface area contributed by atoms with E-state index in [0.29, 0.717) is 6.61 Å². The van der Waals surface area contributed by atoms with Crippen LogP contribution in [0.3, 0.4) is 0 Å². The van der Waals surface area contributed by atoms with Crippen LogP contribution in [0.2, 0.25) is 0 Å². The molecule has 0 spiro atoms. The molecule has 0 fully saturated rings. The number of aryl methyl sites for hydroxylation is 2. The third kappa shape index (κ3) is 2.83. The predicted octanol–water partition coefficient (Wildman–Crippen LogP) is 3.90. The summed E-state index contributed by atoms with van der Waals surface area (Å²) < 4.78 is 5.75. The zero-order valence-electron chi connectivity index (χ0n) is 11.0. The first-order valence-corrected chi connectivity index (χ1v) is 6.05. The van der Waals surface area contributed by atoms with Crippen LogP contribution in [0.4, 0.5) is 0 Å². The Morgan fingerprint density at radius 1 is 1.00 bits per heavy atom. The molecular formula is C16H18O2. The highest BCUT2D eigenvalue weighted by Gasteiger charge is 2.04. The summed E-state index contributed by atoms with van der Waals surface area (Å²) in [6.45, 7) is 6.53. The normalized spacial score (nSPS) is 10.4. The summed E-state index contributed by atoms with van der Waals surface area (Å²) in [7, 11) is 0. The molecule has 2 heteroatoms. The van der Waals surface area contributed by atoms with Gasteiger partial charge in [-0.3, -0.25) is 0 Å². The predicted molar refractivity (Wildman–Crippen MR) is 73.1 cm³/mol. The molecule has 2 nitrogen and oxygen atoms in total. The summed E-state index contributed by atoms with van der Waals surface area (Å²) in [5.41, 5.74) is 4.40. The molecule has 0 aliphatic rings. The van der Waals surface area contributed by atoms with Gasteiger partial charge in [-0.25, -0.2) is 0 Å². The van der Waals surface area contributed by atoms with E-state index < -0.39 is 0 Å². The van der Waals surface area contributed by atoms with Crippen LogP contribution in [0.15, 0.2) is 36.4 Å². The molecular weight excluding hydrogens is 224 g/mol. The molecule has 18 heavy (non-hydrogen) atoms. The highest BCUT2D eigenvalue weighted by molar-refractivity contribution is 5.42. The van der Waals surface area contributed by atoms with Crippen LogP contribution in [0.25, 0.3) is 0 Å². The van der Waals surface area contributed by atoms with Crippen LogP contribution in [0, 0.1) is 20.8 Å². The zero-order chi connectivity index (χ0) is 13.1. The van der Waals surface area contributed by atoms with Crippen LogP contribution in [0.1, 0.15) is 22.3 Å². The number of phenolic OH excluding ortho intramolecular Hbond substituents is 1. The molecule has 2 rings (SSSR count). The Morgan fingerprint density at radius 3 is 2.33 bits per heavy atom. The van der Waals surface area contributed by atoms with Crippen molar-refractivity contribution < 1.29 is 9.84 Å². The van der Waals surface area contributed by atoms with Gasteiger partial charge < -0.3 is 9.84 Å². The van der Waals surface area contributed by atoms with Gasteiger partial charge in [0, 0.05) is 5.56 Å². The summed E-state index contributed by atoms with van der Waals surface area (Å²) in [5, 5.41) is 9.61. The number of ether oxygens (including phenoxy) is 1. The summed E-state index contributed by atoms with van der Waals surface area (Å²) in [6.07, 6.45) is 0. The minimum Gasteiger partial charge on any atom is -0.508 e. The molecule has 0 heterocycles. The Labute approximate surface area is 108 Å². The molecule has 0 saturated heterocycles. The maximum Gasteiger partial charge on any atom is 0.126 e. The molecule has 0 aliphatic heterocycles. The molecule has 94 valence electrons. The van der Waals surface area contributed by atoms with E-state index in [1.807, 2.05) is 13.0 Å². The van der Waals surface area contributed by atoms with Gasteiger partial charge in [-0.2, -0.15) is 0 Å². The second-order valence-corrected chi connectivity index (χ2v) is 4.68. The van der Waals surface area contributed by atoms with Gasteiger partial charge in [0.05, 0.1) is 0 Å². The average molecular weight is 242 g/mol. The maximum atomic E-state index is 9.61. The lowest BCUT2D eigenvalue weighted by molar-refractivity contribution is 0.301. The van der Waals surface area contributed by atoms with E-state index in [0.717, 1.165) is 16.9 Å². The van der Waals surface area contributed by atoms with E-state index in [4.69, 9.17) is 4.74 Å². The molecule has 0 aromatic heterocycles. The van der Waals surface area contributed by atoms with Crippen LogP contribution < -0.4 is 4.74 Å². The summed E-state index contributed by atoms with van der Waals surface area (Å²) in [6, 6.07) is 11.7. The Kier molecular flexibility index (Phi) is 3.56. The molecule has 0 saturated carbocycles. The fourth-order valence-corrected chi connectivity index (χ4v) is 2.07. The number of rotatable bonds is 3. The first-order chi connectivity index (χ1) is 8.56. The number of benzene rings is 2. The lowest BCUT2D eigenvalue weighted by Crippen LogP contribution is -1.98. The topological polar surface area (TPSA) is 29.5 Å². The van der Waals surface area contributed by atoms with Crippen molar-refractivity contribution in [2.45, 2.75) is 27.4 Å². The minimum absolute atomic E-state index is 0.271. The van der Waals surface area contributed by atoms with Crippen molar-refractivity contribution in [2.75, 3.05) is 0 Å². The van der Waals surface area contributed by atoms with Crippen molar-refractivity contribution in [3.05, 3.63) is 58.7 Å². The van der Waals surface area contributed by atoms with Gasteiger partial charge in [0.15, 0.2) is 0 Å². The summed E-state index contributed by atoms with van der Waals surface area (Å²) in [4.78, 5) is 0. The van der Waals surface area contributed by atoms with Crippen LogP contribution in [-0.2, 0) is 6.61 Å². The van der Waals surface area contributed by atoms with E-state index in [9.17, 15) is 5.11 Å². The Bertz CT molecular complexity index is 539. The Morgan fingerprint density at radius 2 is 1.67 bits per heavy atom. The van der Waals surface area contributed by atoms with E-state index in [1.165, 1.54) is 11.1 Å². The quantitative estimate of drug-likeness (QED) is 0.884. The smallest absolute Gasteiger partial charge is 0.126 e. The van der Waals surface area contributed by atoms with Gasteiger partial charge >= 0.3 is 0 Å². The monoisotopic (exact) mass is 242 g/mol. The molecule has 0 amide bonds. The fourth-order valence-electron chi connectivity index (χ4n) is 2.07. The molecule has 1 N–H and O–H groups in total. The molecule has 0 aliphatic carbocycles. The summed E-state index contributed by atoms with van der Waals surface area (Å²) in [5.74, 6) is 1.00. The van der Waals surface area contributed by atoms with Gasteiger partial charge in [0.1, 0.15) is 18.1 Å². The van der Waals surface area contributed by atoms with Gasteiger partial charge in [-0.15, -0.1) is 0 Å². The second-order valence-electron chi connectivity index (χ2n) is 4.68. The van der Waals surface area contributed by atoms with E-state index in [-0.39, 0.29) is 5.75 Å². The van der Waals surface area contributed by atoms with Gasteiger partial charge in [-0.1, -0.05) is 35.4 Å². The SMILES string of the molecule is Cc1cc(C)cc(COc2cccc(O)c2C)c1. The molecule has 0 bridgehead atoms. The largest absolute Gasteiger partial charge is 0.508 e. The fraction of sp³-hybridized carbons (Fsp3) is 0.250. The maximum absolute atomic E-state index is 9.61. The van der Waals surface area contributed by atoms with Crippen molar-refractivity contribution in [3.8, 4) is 11.5 Å². The van der Waals surface area contributed by atoms with Crippen LogP contribution in [-0.4, -0.2) is 5.11 Å². The highest BCUT2D eigenvalue weighted by Crippen LogP contribution is 2.26. The molecule has 0 radical (unpaired) electrons. The van der Waals surface area contributed by atoms with E-state index in [1.54, 1.807) is 12.1 Å². The standard InChI is InChI=1S/C16H18O2/c1-11-7-12(2)9-14(8-11)10-18-16-6-4-5-15(17)13(16)3/h4-9,17H,10H2,1-3H3. The third-order valence-corrected chi connectivity index (χ3v) is 2.93.